The highest BCUT2D eigenvalue weighted by atomic mass is 32.2. The average Bonchev–Trinajstić information content (AvgIpc) is 2.79. The number of morpholine rings is 1. The smallest absolute Gasteiger partial charge is 0.241 e. The Labute approximate surface area is 196 Å². The molecule has 2 aromatic carbocycles. The van der Waals surface area contributed by atoms with Crippen molar-refractivity contribution in [3.63, 3.8) is 0 Å². The zero-order chi connectivity index (χ0) is 23.8. The fraction of sp³-hybridized carbons (Fsp3) is 0.458. The van der Waals surface area contributed by atoms with E-state index in [4.69, 9.17) is 4.74 Å². The molecule has 180 valence electrons. The van der Waals surface area contributed by atoms with Crippen LogP contribution in [-0.2, 0) is 19.6 Å². The molecule has 2 aromatic rings. The Morgan fingerprint density at radius 2 is 1.64 bits per heavy atom. The van der Waals surface area contributed by atoms with E-state index in [2.05, 4.69) is 32.4 Å². The van der Waals surface area contributed by atoms with E-state index in [1.807, 2.05) is 25.1 Å². The molecule has 0 unspecified atom stereocenters. The predicted octanol–water partition coefficient (Wildman–Crippen LogP) is 2.36. The second-order valence-corrected chi connectivity index (χ2v) is 10.3. The van der Waals surface area contributed by atoms with Crippen molar-refractivity contribution in [2.45, 2.75) is 43.8 Å². The number of nitrogens with one attached hydrogen (secondary N) is 3. The van der Waals surface area contributed by atoms with Crippen molar-refractivity contribution < 1.29 is 17.9 Å². The van der Waals surface area contributed by atoms with Gasteiger partial charge in [0.1, 0.15) is 0 Å². The van der Waals surface area contributed by atoms with E-state index in [1.165, 1.54) is 12.1 Å². The second-order valence-electron chi connectivity index (χ2n) is 8.55. The van der Waals surface area contributed by atoms with Crippen LogP contribution in [0.1, 0.15) is 32.4 Å². The van der Waals surface area contributed by atoms with Crippen LogP contribution in [0.2, 0.25) is 0 Å². The lowest BCUT2D eigenvalue weighted by atomic mass is 10.0. The highest BCUT2D eigenvalue weighted by Crippen LogP contribution is 2.18. The summed E-state index contributed by atoms with van der Waals surface area (Å²) < 4.78 is 32.6. The maximum absolute atomic E-state index is 12.9. The number of nitrogens with zero attached hydrogens (tertiary/aromatic N) is 1. The van der Waals surface area contributed by atoms with Crippen molar-refractivity contribution in [3.05, 3.63) is 60.2 Å². The Bertz CT molecular complexity index is 991. The minimum Gasteiger partial charge on any atom is -0.379 e. The molecule has 0 spiro atoms. The van der Waals surface area contributed by atoms with Gasteiger partial charge in [-0.3, -0.25) is 15.0 Å². The molecule has 1 aliphatic rings. The molecular formula is C24H34N4O4S. The third-order valence-corrected chi connectivity index (χ3v) is 7.09. The number of hydrogen-bond donors (Lipinski definition) is 3. The van der Waals surface area contributed by atoms with Gasteiger partial charge < -0.3 is 10.1 Å². The number of rotatable bonds is 10. The molecule has 2 atom stereocenters. The normalized spacial score (nSPS) is 17.0. The topological polar surface area (TPSA) is 99.8 Å². The van der Waals surface area contributed by atoms with E-state index in [-0.39, 0.29) is 22.9 Å². The molecule has 0 aliphatic carbocycles. The summed E-state index contributed by atoms with van der Waals surface area (Å²) in [5, 5.41) is 6.33. The van der Waals surface area contributed by atoms with Crippen LogP contribution in [0, 0.1) is 0 Å². The van der Waals surface area contributed by atoms with Crippen molar-refractivity contribution >= 4 is 21.6 Å². The number of carbonyl (C=O) groups excluding carboxylic acids is 1. The fourth-order valence-electron chi connectivity index (χ4n) is 3.71. The van der Waals surface area contributed by atoms with Crippen LogP contribution < -0.4 is 15.4 Å². The summed E-state index contributed by atoms with van der Waals surface area (Å²) in [7, 11) is -3.57. The van der Waals surface area contributed by atoms with Gasteiger partial charge in [0.25, 0.3) is 0 Å². The lowest BCUT2D eigenvalue weighted by Crippen LogP contribution is -2.46. The zero-order valence-electron chi connectivity index (χ0n) is 19.5. The molecule has 1 amide bonds. The number of benzene rings is 2. The first-order valence-electron chi connectivity index (χ1n) is 11.3. The van der Waals surface area contributed by atoms with Gasteiger partial charge in [-0.15, -0.1) is 0 Å². The molecule has 0 bridgehead atoms. The number of anilines is 1. The molecule has 3 N–H and O–H groups in total. The molecule has 3 rings (SSSR count). The lowest BCUT2D eigenvalue weighted by Gasteiger charge is -2.32. The summed E-state index contributed by atoms with van der Waals surface area (Å²) >= 11 is 0. The van der Waals surface area contributed by atoms with Crippen LogP contribution >= 0.6 is 0 Å². The Morgan fingerprint density at radius 1 is 1.00 bits per heavy atom. The van der Waals surface area contributed by atoms with Gasteiger partial charge >= 0.3 is 0 Å². The maximum Gasteiger partial charge on any atom is 0.241 e. The van der Waals surface area contributed by atoms with E-state index in [9.17, 15) is 13.2 Å². The van der Waals surface area contributed by atoms with E-state index >= 15 is 0 Å². The maximum atomic E-state index is 12.9. The molecule has 1 saturated heterocycles. The van der Waals surface area contributed by atoms with Gasteiger partial charge in [-0.25, -0.2) is 13.1 Å². The molecule has 0 radical (unpaired) electrons. The number of sulfonamides is 1. The highest BCUT2D eigenvalue weighted by molar-refractivity contribution is 7.89. The largest absolute Gasteiger partial charge is 0.379 e. The van der Waals surface area contributed by atoms with Gasteiger partial charge in [-0.1, -0.05) is 30.3 Å². The predicted molar refractivity (Wildman–Crippen MR) is 130 cm³/mol. The Morgan fingerprint density at radius 3 is 2.24 bits per heavy atom. The van der Waals surface area contributed by atoms with Crippen LogP contribution in [0.4, 0.5) is 5.69 Å². The summed E-state index contributed by atoms with van der Waals surface area (Å²) in [6.07, 6.45) is 0. The number of amides is 1. The zero-order valence-corrected chi connectivity index (χ0v) is 20.3. The second kappa shape index (κ2) is 11.7. The van der Waals surface area contributed by atoms with Crippen molar-refractivity contribution in [2.75, 3.05) is 38.2 Å². The van der Waals surface area contributed by atoms with E-state index in [1.54, 1.807) is 26.0 Å². The molecule has 33 heavy (non-hydrogen) atoms. The summed E-state index contributed by atoms with van der Waals surface area (Å²) in [5.74, 6) is -0.186. The van der Waals surface area contributed by atoms with Crippen LogP contribution in [-0.4, -0.2) is 64.2 Å². The monoisotopic (exact) mass is 474 g/mol. The Kier molecular flexibility index (Phi) is 8.99. The van der Waals surface area contributed by atoms with Gasteiger partial charge in [-0.05, 0) is 50.6 Å². The minimum absolute atomic E-state index is 0.0142. The summed E-state index contributed by atoms with van der Waals surface area (Å²) in [4.78, 5) is 15.4. The van der Waals surface area contributed by atoms with Crippen molar-refractivity contribution in [3.8, 4) is 0 Å². The van der Waals surface area contributed by atoms with Crippen LogP contribution in [0.3, 0.4) is 0 Å². The lowest BCUT2D eigenvalue weighted by molar-refractivity contribution is -0.118. The minimum atomic E-state index is -3.57. The average molecular weight is 475 g/mol. The van der Waals surface area contributed by atoms with Crippen molar-refractivity contribution in [2.24, 2.45) is 0 Å². The molecule has 9 heteroatoms. The first kappa shape index (κ1) is 25.3. The van der Waals surface area contributed by atoms with Gasteiger partial charge in [0, 0.05) is 37.4 Å². The third kappa shape index (κ3) is 7.62. The van der Waals surface area contributed by atoms with E-state index in [0.29, 0.717) is 5.69 Å². The molecule has 0 aromatic heterocycles. The van der Waals surface area contributed by atoms with Gasteiger partial charge in [-0.2, -0.15) is 0 Å². The van der Waals surface area contributed by atoms with Crippen LogP contribution in [0.25, 0.3) is 0 Å². The molecule has 1 fully saturated rings. The van der Waals surface area contributed by atoms with Gasteiger partial charge in [0.15, 0.2) is 0 Å². The van der Waals surface area contributed by atoms with Gasteiger partial charge in [0.05, 0.1) is 24.2 Å². The Balaban J connectivity index is 1.63. The fourth-order valence-corrected chi connectivity index (χ4v) is 4.96. The number of carbonyl (C=O) groups is 1. The van der Waals surface area contributed by atoms with Crippen LogP contribution in [0.15, 0.2) is 59.5 Å². The molecule has 0 saturated carbocycles. The van der Waals surface area contributed by atoms with Crippen LogP contribution in [0.5, 0.6) is 0 Å². The molecular weight excluding hydrogens is 440 g/mol. The SMILES string of the molecule is CC(C)NS(=O)(=O)c1ccc(NC(=O)[C@H](C)N[C@@H](CN2CCOCC2)c2ccccc2)cc1. The van der Waals surface area contributed by atoms with Crippen molar-refractivity contribution in [1.82, 2.24) is 14.9 Å². The Hall–Kier alpha value is -2.30. The van der Waals surface area contributed by atoms with Crippen molar-refractivity contribution in [1.29, 1.82) is 0 Å². The van der Waals surface area contributed by atoms with E-state index in [0.717, 1.165) is 38.4 Å². The summed E-state index contributed by atoms with van der Waals surface area (Å²) in [6, 6.07) is 15.6. The highest BCUT2D eigenvalue weighted by Gasteiger charge is 2.23. The quantitative estimate of drug-likeness (QED) is 0.489. The molecule has 8 nitrogen and oxygen atoms in total. The summed E-state index contributed by atoms with van der Waals surface area (Å²) in [6.45, 7) is 9.31. The first-order chi connectivity index (χ1) is 15.7. The third-order valence-electron chi connectivity index (χ3n) is 5.41. The van der Waals surface area contributed by atoms with Gasteiger partial charge in [0.2, 0.25) is 15.9 Å². The first-order valence-corrected chi connectivity index (χ1v) is 12.8. The number of ether oxygens (including phenoxy) is 1. The summed E-state index contributed by atoms with van der Waals surface area (Å²) in [5.41, 5.74) is 1.66. The molecule has 1 aliphatic heterocycles. The number of hydrogen-bond acceptors (Lipinski definition) is 6. The standard InChI is InChI=1S/C24H34N4O4S/c1-18(2)27-33(30,31)22-11-9-21(10-12-22)26-24(29)19(3)25-23(20-7-5-4-6-8-20)17-28-13-15-32-16-14-28/h4-12,18-19,23,25,27H,13-17H2,1-3H3,(H,26,29)/t19-,23-/m0/s1. The molecule has 1 heterocycles. The van der Waals surface area contributed by atoms with E-state index < -0.39 is 16.1 Å².